The lowest BCUT2D eigenvalue weighted by Gasteiger charge is -2.32. The fourth-order valence-corrected chi connectivity index (χ4v) is 2.57. The Morgan fingerprint density at radius 3 is 2.85 bits per heavy atom. The summed E-state index contributed by atoms with van der Waals surface area (Å²) < 4.78 is 10.7. The van der Waals surface area contributed by atoms with Crippen LogP contribution >= 0.6 is 0 Å². The third kappa shape index (κ3) is 4.26. The molecule has 0 spiro atoms. The van der Waals surface area contributed by atoms with Gasteiger partial charge in [-0.2, -0.15) is 4.98 Å². The van der Waals surface area contributed by atoms with Crippen molar-refractivity contribution in [2.45, 2.75) is 39.2 Å². The van der Waals surface area contributed by atoms with Crippen LogP contribution < -0.4 is 5.32 Å². The minimum absolute atomic E-state index is 0.279. The van der Waals surface area contributed by atoms with Gasteiger partial charge in [0.05, 0.1) is 6.04 Å². The molecular weight excluding hydrogens is 256 g/mol. The van der Waals surface area contributed by atoms with Crippen LogP contribution in [-0.2, 0) is 11.2 Å². The van der Waals surface area contributed by atoms with Crippen LogP contribution in [0.15, 0.2) is 4.52 Å². The van der Waals surface area contributed by atoms with Crippen molar-refractivity contribution in [3.8, 4) is 0 Å². The summed E-state index contributed by atoms with van der Waals surface area (Å²) >= 11 is 0. The summed E-state index contributed by atoms with van der Waals surface area (Å²) in [6, 6.07) is 0.279. The van der Waals surface area contributed by atoms with E-state index in [2.05, 4.69) is 27.3 Å². The van der Waals surface area contributed by atoms with E-state index in [4.69, 9.17) is 9.26 Å². The number of hydrogen-bond donors (Lipinski definition) is 1. The molecule has 1 aliphatic rings. The number of nitrogens with zero attached hydrogens (tertiary/aromatic N) is 3. The molecule has 1 aliphatic heterocycles. The molecule has 0 saturated carbocycles. The first kappa shape index (κ1) is 15.4. The van der Waals surface area contributed by atoms with Crippen LogP contribution in [0.4, 0.5) is 0 Å². The Hall–Kier alpha value is -0.980. The molecular formula is C14H26N4O2. The largest absolute Gasteiger partial charge is 0.382 e. The number of piperazine rings is 1. The summed E-state index contributed by atoms with van der Waals surface area (Å²) in [5, 5.41) is 7.54. The third-order valence-electron chi connectivity index (χ3n) is 3.64. The first-order valence-corrected chi connectivity index (χ1v) is 7.70. The minimum atomic E-state index is 0.279. The zero-order chi connectivity index (χ0) is 14.2. The minimum Gasteiger partial charge on any atom is -0.382 e. The first-order valence-electron chi connectivity index (χ1n) is 7.70. The van der Waals surface area contributed by atoms with E-state index in [0.717, 1.165) is 70.4 Å². The lowest BCUT2D eigenvalue weighted by atomic mass is 10.1. The highest BCUT2D eigenvalue weighted by atomic mass is 16.5. The highest BCUT2D eigenvalue weighted by molar-refractivity contribution is 4.96. The van der Waals surface area contributed by atoms with Crippen LogP contribution in [0.1, 0.15) is 44.4 Å². The summed E-state index contributed by atoms with van der Waals surface area (Å²) in [6.45, 7) is 9.87. The zero-order valence-corrected chi connectivity index (χ0v) is 12.6. The van der Waals surface area contributed by atoms with Crippen LogP contribution in [0, 0.1) is 0 Å². The number of ether oxygens (including phenoxy) is 1. The molecule has 6 heteroatoms. The van der Waals surface area contributed by atoms with Gasteiger partial charge in [0.1, 0.15) is 0 Å². The van der Waals surface area contributed by atoms with Crippen molar-refractivity contribution in [1.29, 1.82) is 0 Å². The van der Waals surface area contributed by atoms with Crippen LogP contribution in [0.3, 0.4) is 0 Å². The molecule has 6 nitrogen and oxygen atoms in total. The van der Waals surface area contributed by atoms with Crippen molar-refractivity contribution in [2.75, 3.05) is 39.4 Å². The van der Waals surface area contributed by atoms with E-state index in [1.54, 1.807) is 0 Å². The van der Waals surface area contributed by atoms with E-state index >= 15 is 0 Å². The molecule has 1 atom stereocenters. The molecule has 1 saturated heterocycles. The second-order valence-electron chi connectivity index (χ2n) is 5.06. The van der Waals surface area contributed by atoms with Gasteiger partial charge in [0.15, 0.2) is 5.82 Å². The Labute approximate surface area is 120 Å². The van der Waals surface area contributed by atoms with E-state index in [0.29, 0.717) is 0 Å². The molecule has 0 amide bonds. The molecule has 1 aromatic rings. The number of rotatable bonds is 8. The van der Waals surface area contributed by atoms with Crippen molar-refractivity contribution < 1.29 is 9.26 Å². The SMILES string of the molecule is CCOCCCc1nc(C(CC)N2CCNCC2)no1. The standard InChI is InChI=1S/C14H26N4O2/c1-3-12(18-9-7-15-8-10-18)14-16-13(20-17-14)6-5-11-19-4-2/h12,15H,3-11H2,1-2H3. The van der Waals surface area contributed by atoms with Gasteiger partial charge in [-0.25, -0.2) is 0 Å². The first-order chi connectivity index (χ1) is 9.85. The van der Waals surface area contributed by atoms with Gasteiger partial charge in [-0.15, -0.1) is 0 Å². The van der Waals surface area contributed by atoms with Crippen molar-refractivity contribution in [3.63, 3.8) is 0 Å². The summed E-state index contributed by atoms with van der Waals surface area (Å²) in [7, 11) is 0. The molecule has 0 aromatic carbocycles. The fourth-order valence-electron chi connectivity index (χ4n) is 2.57. The summed E-state index contributed by atoms with van der Waals surface area (Å²) in [4.78, 5) is 6.99. The molecule has 0 radical (unpaired) electrons. The van der Waals surface area contributed by atoms with E-state index in [1.165, 1.54) is 0 Å². The summed E-state index contributed by atoms with van der Waals surface area (Å²) in [5.74, 6) is 1.56. The van der Waals surface area contributed by atoms with E-state index in [1.807, 2.05) is 6.92 Å². The Bertz CT molecular complexity index is 377. The molecule has 114 valence electrons. The normalized spacial score (nSPS) is 18.3. The Morgan fingerprint density at radius 2 is 2.15 bits per heavy atom. The number of aryl methyl sites for hydroxylation is 1. The molecule has 0 bridgehead atoms. The Balaban J connectivity index is 1.88. The maximum Gasteiger partial charge on any atom is 0.226 e. The maximum absolute atomic E-state index is 5.36. The second kappa shape index (κ2) is 8.34. The van der Waals surface area contributed by atoms with Gasteiger partial charge in [0.25, 0.3) is 0 Å². The smallest absolute Gasteiger partial charge is 0.226 e. The highest BCUT2D eigenvalue weighted by Gasteiger charge is 2.24. The van der Waals surface area contributed by atoms with Gasteiger partial charge in [0.2, 0.25) is 5.89 Å². The average Bonchev–Trinajstić information content (AvgIpc) is 2.94. The van der Waals surface area contributed by atoms with Crippen molar-refractivity contribution in [1.82, 2.24) is 20.4 Å². The van der Waals surface area contributed by atoms with Crippen molar-refractivity contribution >= 4 is 0 Å². The lowest BCUT2D eigenvalue weighted by molar-refractivity contribution is 0.143. The summed E-state index contributed by atoms with van der Waals surface area (Å²) in [5.41, 5.74) is 0. The van der Waals surface area contributed by atoms with Crippen LogP contribution in [0.2, 0.25) is 0 Å². The van der Waals surface area contributed by atoms with Crippen LogP contribution in [-0.4, -0.2) is 54.4 Å². The van der Waals surface area contributed by atoms with Gasteiger partial charge < -0.3 is 14.6 Å². The van der Waals surface area contributed by atoms with E-state index < -0.39 is 0 Å². The van der Waals surface area contributed by atoms with Crippen LogP contribution in [0.5, 0.6) is 0 Å². The molecule has 1 aromatic heterocycles. The van der Waals surface area contributed by atoms with Gasteiger partial charge in [-0.3, -0.25) is 4.90 Å². The van der Waals surface area contributed by atoms with Gasteiger partial charge in [-0.05, 0) is 19.8 Å². The number of aromatic nitrogens is 2. The van der Waals surface area contributed by atoms with Gasteiger partial charge >= 0.3 is 0 Å². The lowest BCUT2D eigenvalue weighted by Crippen LogP contribution is -2.45. The predicted octanol–water partition coefficient (Wildman–Crippen LogP) is 1.40. The molecule has 1 unspecified atom stereocenters. The van der Waals surface area contributed by atoms with Gasteiger partial charge in [-0.1, -0.05) is 12.1 Å². The van der Waals surface area contributed by atoms with E-state index in [9.17, 15) is 0 Å². The topological polar surface area (TPSA) is 63.4 Å². The number of hydrogen-bond acceptors (Lipinski definition) is 6. The monoisotopic (exact) mass is 282 g/mol. The Kier molecular flexibility index (Phi) is 6.42. The van der Waals surface area contributed by atoms with E-state index in [-0.39, 0.29) is 6.04 Å². The molecule has 0 aliphatic carbocycles. The van der Waals surface area contributed by atoms with Gasteiger partial charge in [0, 0.05) is 45.8 Å². The highest BCUT2D eigenvalue weighted by Crippen LogP contribution is 2.22. The molecule has 2 rings (SSSR count). The zero-order valence-electron chi connectivity index (χ0n) is 12.6. The van der Waals surface area contributed by atoms with Crippen molar-refractivity contribution in [3.05, 3.63) is 11.7 Å². The van der Waals surface area contributed by atoms with Crippen molar-refractivity contribution in [2.24, 2.45) is 0 Å². The molecule has 1 N–H and O–H groups in total. The maximum atomic E-state index is 5.36. The third-order valence-corrected chi connectivity index (χ3v) is 3.64. The number of nitrogens with one attached hydrogen (secondary N) is 1. The molecule has 1 fully saturated rings. The molecule has 20 heavy (non-hydrogen) atoms. The summed E-state index contributed by atoms with van der Waals surface area (Å²) in [6.07, 6.45) is 2.74. The molecule has 2 heterocycles. The predicted molar refractivity (Wildman–Crippen MR) is 76.6 cm³/mol. The Morgan fingerprint density at radius 1 is 1.35 bits per heavy atom. The average molecular weight is 282 g/mol. The quantitative estimate of drug-likeness (QED) is 0.727. The second-order valence-corrected chi connectivity index (χ2v) is 5.06. The van der Waals surface area contributed by atoms with Crippen LogP contribution in [0.25, 0.3) is 0 Å². The fraction of sp³-hybridized carbons (Fsp3) is 0.857.